The molecule has 0 aromatic heterocycles. The van der Waals surface area contributed by atoms with Crippen LogP contribution in [-0.4, -0.2) is 18.5 Å². The molecule has 24 heavy (non-hydrogen) atoms. The molecule has 1 amide bonds. The Morgan fingerprint density at radius 1 is 1.00 bits per heavy atom. The number of esters is 1. The largest absolute Gasteiger partial charge is 0.452 e. The van der Waals surface area contributed by atoms with Crippen LogP contribution in [0.5, 0.6) is 0 Å². The van der Waals surface area contributed by atoms with Crippen molar-refractivity contribution in [2.24, 2.45) is 0 Å². The summed E-state index contributed by atoms with van der Waals surface area (Å²) in [5.74, 6) is -0.932. The smallest absolute Gasteiger partial charge is 0.338 e. The SMILES string of the molecule is CC(C)(C)c1ccc(C(=O)OCC(=O)Nc2ccc(Cl)cc2)cc1. The molecule has 5 heteroatoms. The van der Waals surface area contributed by atoms with Gasteiger partial charge >= 0.3 is 5.97 Å². The zero-order valence-corrected chi connectivity index (χ0v) is 14.7. The molecule has 0 aliphatic carbocycles. The molecule has 4 nitrogen and oxygen atoms in total. The minimum atomic E-state index is -0.526. The molecule has 2 aromatic carbocycles. The van der Waals surface area contributed by atoms with Crippen molar-refractivity contribution in [1.82, 2.24) is 0 Å². The summed E-state index contributed by atoms with van der Waals surface area (Å²) in [5, 5.41) is 3.21. The summed E-state index contributed by atoms with van der Waals surface area (Å²) in [4.78, 5) is 23.8. The topological polar surface area (TPSA) is 55.4 Å². The maximum Gasteiger partial charge on any atom is 0.338 e. The Labute approximate surface area is 146 Å². The fourth-order valence-corrected chi connectivity index (χ4v) is 2.18. The van der Waals surface area contributed by atoms with Gasteiger partial charge in [-0.3, -0.25) is 4.79 Å². The van der Waals surface area contributed by atoms with Crippen LogP contribution >= 0.6 is 11.6 Å². The van der Waals surface area contributed by atoms with Gasteiger partial charge in [0, 0.05) is 10.7 Å². The Morgan fingerprint density at radius 3 is 2.12 bits per heavy atom. The zero-order valence-electron chi connectivity index (χ0n) is 13.9. The van der Waals surface area contributed by atoms with E-state index in [1.54, 1.807) is 36.4 Å². The standard InChI is InChI=1S/C19H20ClNO3/c1-19(2,3)14-6-4-13(5-7-14)18(23)24-12-17(22)21-16-10-8-15(20)9-11-16/h4-11H,12H2,1-3H3,(H,21,22). The van der Waals surface area contributed by atoms with Crippen molar-refractivity contribution in [1.29, 1.82) is 0 Å². The summed E-state index contributed by atoms with van der Waals surface area (Å²) in [6.07, 6.45) is 0. The molecule has 0 radical (unpaired) electrons. The highest BCUT2D eigenvalue weighted by atomic mass is 35.5. The molecular weight excluding hydrogens is 326 g/mol. The van der Waals surface area contributed by atoms with Crippen LogP contribution in [0.4, 0.5) is 5.69 Å². The third-order valence-electron chi connectivity index (χ3n) is 3.45. The van der Waals surface area contributed by atoms with Crippen LogP contribution in [0.2, 0.25) is 5.02 Å². The summed E-state index contributed by atoms with van der Waals surface area (Å²) in [5.41, 5.74) is 2.15. The molecule has 0 spiro atoms. The van der Waals surface area contributed by atoms with Crippen LogP contribution in [0.15, 0.2) is 48.5 Å². The highest BCUT2D eigenvalue weighted by Gasteiger charge is 2.15. The Bertz CT molecular complexity index is 716. The predicted octanol–water partition coefficient (Wildman–Crippen LogP) is 4.43. The average Bonchev–Trinajstić information content (AvgIpc) is 2.54. The minimum Gasteiger partial charge on any atom is -0.452 e. The number of carbonyl (C=O) groups is 2. The van der Waals surface area contributed by atoms with Gasteiger partial charge in [0.05, 0.1) is 5.56 Å². The van der Waals surface area contributed by atoms with E-state index in [1.165, 1.54) is 0 Å². The van der Waals surface area contributed by atoms with E-state index in [-0.39, 0.29) is 12.0 Å². The van der Waals surface area contributed by atoms with Crippen LogP contribution < -0.4 is 5.32 Å². The van der Waals surface area contributed by atoms with Gasteiger partial charge in [-0.25, -0.2) is 4.79 Å². The van der Waals surface area contributed by atoms with Crippen LogP contribution in [-0.2, 0) is 14.9 Å². The lowest BCUT2D eigenvalue weighted by Crippen LogP contribution is -2.21. The molecule has 0 aliphatic rings. The van der Waals surface area contributed by atoms with E-state index in [4.69, 9.17) is 16.3 Å². The van der Waals surface area contributed by atoms with Crippen LogP contribution in [0.1, 0.15) is 36.7 Å². The highest BCUT2D eigenvalue weighted by molar-refractivity contribution is 6.30. The molecule has 0 unspecified atom stereocenters. The number of ether oxygens (including phenoxy) is 1. The van der Waals surface area contributed by atoms with Crippen molar-refractivity contribution >= 4 is 29.2 Å². The van der Waals surface area contributed by atoms with E-state index < -0.39 is 11.9 Å². The van der Waals surface area contributed by atoms with Gasteiger partial charge in [-0.2, -0.15) is 0 Å². The number of carbonyl (C=O) groups excluding carboxylic acids is 2. The fraction of sp³-hybridized carbons (Fsp3) is 0.263. The molecule has 0 fully saturated rings. The predicted molar refractivity (Wildman–Crippen MR) is 95.5 cm³/mol. The van der Waals surface area contributed by atoms with Crippen molar-refractivity contribution in [2.45, 2.75) is 26.2 Å². The number of hydrogen-bond donors (Lipinski definition) is 1. The van der Waals surface area contributed by atoms with Crippen molar-refractivity contribution in [3.63, 3.8) is 0 Å². The molecule has 1 N–H and O–H groups in total. The third kappa shape index (κ3) is 5.10. The molecule has 0 heterocycles. The fourth-order valence-electron chi connectivity index (χ4n) is 2.05. The number of rotatable bonds is 4. The number of amides is 1. The van der Waals surface area contributed by atoms with Crippen LogP contribution in [0.25, 0.3) is 0 Å². The Balaban J connectivity index is 1.88. The van der Waals surface area contributed by atoms with Gasteiger partial charge < -0.3 is 10.1 Å². The molecular formula is C19H20ClNO3. The number of benzene rings is 2. The summed E-state index contributed by atoms with van der Waals surface area (Å²) in [6.45, 7) is 5.95. The lowest BCUT2D eigenvalue weighted by atomic mass is 9.87. The van der Waals surface area contributed by atoms with E-state index in [0.29, 0.717) is 16.3 Å². The molecule has 0 aliphatic heterocycles. The van der Waals surface area contributed by atoms with Crippen molar-refractivity contribution < 1.29 is 14.3 Å². The highest BCUT2D eigenvalue weighted by Crippen LogP contribution is 2.22. The normalized spacial score (nSPS) is 11.0. The maximum atomic E-state index is 12.0. The number of hydrogen-bond acceptors (Lipinski definition) is 3. The average molecular weight is 346 g/mol. The van der Waals surface area contributed by atoms with Crippen molar-refractivity contribution in [3.8, 4) is 0 Å². The van der Waals surface area contributed by atoms with E-state index in [2.05, 4.69) is 26.1 Å². The summed E-state index contributed by atoms with van der Waals surface area (Å²) in [6, 6.07) is 13.9. The minimum absolute atomic E-state index is 0.0148. The van der Waals surface area contributed by atoms with E-state index in [1.807, 2.05) is 12.1 Å². The third-order valence-corrected chi connectivity index (χ3v) is 3.70. The maximum absolute atomic E-state index is 12.0. The Hall–Kier alpha value is -2.33. The quantitative estimate of drug-likeness (QED) is 0.834. The van der Waals surface area contributed by atoms with Gasteiger partial charge in [-0.15, -0.1) is 0 Å². The number of halogens is 1. The van der Waals surface area contributed by atoms with Gasteiger partial charge in [0.1, 0.15) is 0 Å². The van der Waals surface area contributed by atoms with Crippen LogP contribution in [0, 0.1) is 0 Å². The second kappa shape index (κ2) is 7.49. The second-order valence-corrected chi connectivity index (χ2v) is 6.89. The van der Waals surface area contributed by atoms with E-state index in [0.717, 1.165) is 5.56 Å². The van der Waals surface area contributed by atoms with Crippen molar-refractivity contribution in [2.75, 3.05) is 11.9 Å². The molecule has 0 atom stereocenters. The number of anilines is 1. The van der Waals surface area contributed by atoms with Gasteiger partial charge in [0.25, 0.3) is 5.91 Å². The first-order valence-corrected chi connectivity index (χ1v) is 7.96. The molecule has 0 saturated heterocycles. The lowest BCUT2D eigenvalue weighted by Gasteiger charge is -2.18. The molecule has 0 saturated carbocycles. The van der Waals surface area contributed by atoms with Crippen molar-refractivity contribution in [3.05, 3.63) is 64.7 Å². The Kier molecular flexibility index (Phi) is 5.62. The lowest BCUT2D eigenvalue weighted by molar-refractivity contribution is -0.119. The number of nitrogens with one attached hydrogen (secondary N) is 1. The molecule has 2 aromatic rings. The molecule has 0 bridgehead atoms. The first-order valence-electron chi connectivity index (χ1n) is 7.59. The van der Waals surface area contributed by atoms with E-state index >= 15 is 0 Å². The van der Waals surface area contributed by atoms with Gasteiger partial charge in [0.2, 0.25) is 0 Å². The summed E-state index contributed by atoms with van der Waals surface area (Å²) < 4.78 is 5.03. The molecule has 126 valence electrons. The first-order chi connectivity index (χ1) is 11.3. The summed E-state index contributed by atoms with van der Waals surface area (Å²) >= 11 is 5.78. The van der Waals surface area contributed by atoms with Gasteiger partial charge in [0.15, 0.2) is 6.61 Å². The zero-order chi connectivity index (χ0) is 17.7. The second-order valence-electron chi connectivity index (χ2n) is 6.46. The van der Waals surface area contributed by atoms with Crippen LogP contribution in [0.3, 0.4) is 0 Å². The summed E-state index contributed by atoms with van der Waals surface area (Å²) in [7, 11) is 0. The monoisotopic (exact) mass is 345 g/mol. The molecule has 2 rings (SSSR count). The van der Waals surface area contributed by atoms with Gasteiger partial charge in [-0.1, -0.05) is 44.5 Å². The van der Waals surface area contributed by atoms with Gasteiger partial charge in [-0.05, 0) is 47.4 Å². The Morgan fingerprint density at radius 2 is 1.58 bits per heavy atom. The van der Waals surface area contributed by atoms with E-state index in [9.17, 15) is 9.59 Å². The first kappa shape index (κ1) is 18.0.